The van der Waals surface area contributed by atoms with Crippen LogP contribution in [0.15, 0.2) is 41.8 Å². The van der Waals surface area contributed by atoms with Crippen molar-refractivity contribution < 1.29 is 4.79 Å². The molecule has 2 aromatic rings. The van der Waals surface area contributed by atoms with Crippen LogP contribution in [0.5, 0.6) is 0 Å². The van der Waals surface area contributed by atoms with Gasteiger partial charge in [-0.1, -0.05) is 18.6 Å². The molecule has 0 radical (unpaired) electrons. The predicted molar refractivity (Wildman–Crippen MR) is 88.8 cm³/mol. The van der Waals surface area contributed by atoms with Gasteiger partial charge in [0.25, 0.3) is 5.91 Å². The molecule has 5 heteroatoms. The van der Waals surface area contributed by atoms with Gasteiger partial charge in [0.15, 0.2) is 0 Å². The average molecular weight is 308 g/mol. The van der Waals surface area contributed by atoms with E-state index in [2.05, 4.69) is 10.3 Å². The van der Waals surface area contributed by atoms with Gasteiger partial charge in [0.05, 0.1) is 12.0 Å². The predicted octanol–water partition coefficient (Wildman–Crippen LogP) is 2.76. The maximum Gasteiger partial charge on any atom is 0.272 e. The van der Waals surface area contributed by atoms with Crippen molar-refractivity contribution in [3.8, 4) is 5.69 Å². The maximum absolute atomic E-state index is 12.3. The van der Waals surface area contributed by atoms with Crippen molar-refractivity contribution in [1.82, 2.24) is 14.9 Å². The summed E-state index contributed by atoms with van der Waals surface area (Å²) in [5, 5.41) is 3.11. The monoisotopic (exact) mass is 308 g/mol. The fourth-order valence-corrected chi connectivity index (χ4v) is 3.49. The zero-order valence-electron chi connectivity index (χ0n) is 13.2. The minimum absolute atomic E-state index is 0.0434. The Kier molecular flexibility index (Phi) is 3.29. The van der Waals surface area contributed by atoms with Crippen molar-refractivity contribution in [1.29, 1.82) is 0 Å². The van der Waals surface area contributed by atoms with Gasteiger partial charge in [-0.2, -0.15) is 0 Å². The summed E-state index contributed by atoms with van der Waals surface area (Å²) in [4.78, 5) is 21.4. The number of hydrogen-bond donors (Lipinski definition) is 1. The molecular weight excluding hydrogens is 288 g/mol. The lowest BCUT2D eigenvalue weighted by Crippen LogP contribution is -2.43. The highest BCUT2D eigenvalue weighted by molar-refractivity contribution is 6.46. The van der Waals surface area contributed by atoms with Crippen molar-refractivity contribution in [2.45, 2.75) is 44.7 Å². The van der Waals surface area contributed by atoms with Crippen molar-refractivity contribution in [2.75, 3.05) is 0 Å². The minimum Gasteiger partial charge on any atom is -0.326 e. The molecule has 2 heterocycles. The second-order valence-electron chi connectivity index (χ2n) is 6.48. The van der Waals surface area contributed by atoms with Crippen LogP contribution in [-0.4, -0.2) is 26.8 Å². The zero-order chi connectivity index (χ0) is 15.9. The van der Waals surface area contributed by atoms with Crippen molar-refractivity contribution in [3.05, 3.63) is 48.0 Å². The van der Waals surface area contributed by atoms with Crippen LogP contribution >= 0.6 is 0 Å². The number of aryl methyl sites for hydroxylation is 1. The Bertz CT molecular complexity index is 767. The van der Waals surface area contributed by atoms with Crippen LogP contribution in [-0.2, 0) is 4.79 Å². The third-order valence-corrected chi connectivity index (χ3v) is 4.72. The summed E-state index contributed by atoms with van der Waals surface area (Å²) in [6, 6.07) is 7.92. The molecule has 5 nitrogen and oxygen atoms in total. The number of imidazole rings is 1. The van der Waals surface area contributed by atoms with Crippen molar-refractivity contribution in [2.24, 2.45) is 4.99 Å². The molecule has 1 aliphatic heterocycles. The highest BCUT2D eigenvalue weighted by Crippen LogP contribution is 2.33. The van der Waals surface area contributed by atoms with E-state index in [-0.39, 0.29) is 11.6 Å². The van der Waals surface area contributed by atoms with Crippen molar-refractivity contribution >= 4 is 11.6 Å². The summed E-state index contributed by atoms with van der Waals surface area (Å²) >= 11 is 0. The molecule has 0 bridgehead atoms. The molecule has 1 aromatic heterocycles. The molecule has 1 aliphatic carbocycles. The molecule has 1 N–H and O–H groups in total. The molecule has 1 fully saturated rings. The van der Waals surface area contributed by atoms with Crippen LogP contribution in [0.2, 0.25) is 0 Å². The molecule has 23 heavy (non-hydrogen) atoms. The number of benzene rings is 1. The number of aliphatic imine (C=N–C) groups is 1. The van der Waals surface area contributed by atoms with Crippen LogP contribution in [0.3, 0.4) is 0 Å². The first-order valence-corrected chi connectivity index (χ1v) is 8.19. The van der Waals surface area contributed by atoms with E-state index < -0.39 is 0 Å². The smallest absolute Gasteiger partial charge is 0.272 e. The van der Waals surface area contributed by atoms with E-state index >= 15 is 0 Å². The summed E-state index contributed by atoms with van der Waals surface area (Å²) in [6.45, 7) is 1.96. The van der Waals surface area contributed by atoms with Gasteiger partial charge in [-0.05, 0) is 44.7 Å². The third kappa shape index (κ3) is 2.56. The average Bonchev–Trinajstić information content (AvgIpc) is 3.12. The number of carbonyl (C=O) groups excluding carboxylic acids is 1. The van der Waals surface area contributed by atoms with E-state index in [0.29, 0.717) is 5.71 Å². The first-order chi connectivity index (χ1) is 11.2. The lowest BCUT2D eigenvalue weighted by Gasteiger charge is -2.30. The SMILES string of the molecule is Cc1cn(-c2ccc(C3=NC4(CCCCC4)NC3=O)cc2)cn1. The summed E-state index contributed by atoms with van der Waals surface area (Å²) in [6.07, 6.45) is 9.18. The number of nitrogens with zero attached hydrogens (tertiary/aromatic N) is 3. The number of carbonyl (C=O) groups is 1. The van der Waals surface area contributed by atoms with E-state index in [1.165, 1.54) is 6.42 Å². The maximum atomic E-state index is 12.3. The molecule has 4 rings (SSSR count). The molecule has 118 valence electrons. The summed E-state index contributed by atoms with van der Waals surface area (Å²) < 4.78 is 1.97. The second kappa shape index (κ2) is 5.33. The van der Waals surface area contributed by atoms with Crippen LogP contribution in [0.4, 0.5) is 0 Å². The van der Waals surface area contributed by atoms with E-state index in [9.17, 15) is 4.79 Å². The van der Waals surface area contributed by atoms with E-state index in [1.807, 2.05) is 42.0 Å². The Balaban J connectivity index is 1.62. The molecule has 0 atom stereocenters. The number of nitrogens with one attached hydrogen (secondary N) is 1. The molecule has 1 spiro atoms. The van der Waals surface area contributed by atoms with Crippen LogP contribution in [0.25, 0.3) is 5.69 Å². The largest absolute Gasteiger partial charge is 0.326 e. The topological polar surface area (TPSA) is 59.3 Å². The van der Waals surface area contributed by atoms with Gasteiger partial charge >= 0.3 is 0 Å². The Morgan fingerprint density at radius 1 is 1.13 bits per heavy atom. The summed E-state index contributed by atoms with van der Waals surface area (Å²) in [5.41, 5.74) is 3.12. The van der Waals surface area contributed by atoms with Gasteiger partial charge < -0.3 is 9.88 Å². The number of hydrogen-bond acceptors (Lipinski definition) is 3. The van der Waals surface area contributed by atoms with E-state index in [4.69, 9.17) is 4.99 Å². The fraction of sp³-hybridized carbons (Fsp3) is 0.389. The van der Waals surface area contributed by atoms with Gasteiger partial charge in [0, 0.05) is 17.4 Å². The quantitative estimate of drug-likeness (QED) is 0.927. The molecule has 0 saturated heterocycles. The van der Waals surface area contributed by atoms with Gasteiger partial charge in [-0.25, -0.2) is 4.98 Å². The molecule has 1 saturated carbocycles. The molecule has 1 aromatic carbocycles. The Morgan fingerprint density at radius 3 is 2.52 bits per heavy atom. The van der Waals surface area contributed by atoms with E-state index in [1.54, 1.807) is 6.33 Å². The third-order valence-electron chi connectivity index (χ3n) is 4.72. The summed E-state index contributed by atoms with van der Waals surface area (Å²) in [7, 11) is 0. The van der Waals surface area contributed by atoms with Gasteiger partial charge in [-0.3, -0.25) is 9.79 Å². The Labute approximate surface area is 135 Å². The highest BCUT2D eigenvalue weighted by atomic mass is 16.2. The summed E-state index contributed by atoms with van der Waals surface area (Å²) in [5.74, 6) is -0.0434. The van der Waals surface area contributed by atoms with Crippen LogP contribution in [0, 0.1) is 6.92 Å². The number of aromatic nitrogens is 2. The first kappa shape index (κ1) is 14.2. The van der Waals surface area contributed by atoms with Crippen molar-refractivity contribution in [3.63, 3.8) is 0 Å². The van der Waals surface area contributed by atoms with Gasteiger partial charge in [0.1, 0.15) is 11.4 Å². The first-order valence-electron chi connectivity index (χ1n) is 8.19. The lowest BCUT2D eigenvalue weighted by molar-refractivity contribution is -0.115. The number of amides is 1. The van der Waals surface area contributed by atoms with Gasteiger partial charge in [-0.15, -0.1) is 0 Å². The number of rotatable bonds is 2. The van der Waals surface area contributed by atoms with Crippen LogP contribution in [0.1, 0.15) is 43.4 Å². The standard InChI is InChI=1S/C18H20N4O/c1-13-11-22(12-19-13)15-7-5-14(6-8-15)16-17(23)21-18(20-16)9-3-2-4-10-18/h5-8,11-12H,2-4,9-10H2,1H3,(H,21,23). The molecule has 2 aliphatic rings. The lowest BCUT2D eigenvalue weighted by atomic mass is 9.90. The van der Waals surface area contributed by atoms with E-state index in [0.717, 1.165) is 42.6 Å². The highest BCUT2D eigenvalue weighted by Gasteiger charge is 2.40. The normalized spacial score (nSPS) is 19.7. The molecule has 0 unspecified atom stereocenters. The zero-order valence-corrected chi connectivity index (χ0v) is 13.2. The minimum atomic E-state index is -0.342. The second-order valence-corrected chi connectivity index (χ2v) is 6.48. The molecular formula is C18H20N4O. The Hall–Kier alpha value is -2.43. The molecule has 1 amide bonds. The van der Waals surface area contributed by atoms with Gasteiger partial charge in [0.2, 0.25) is 0 Å². The van der Waals surface area contributed by atoms with Crippen LogP contribution < -0.4 is 5.32 Å². The Morgan fingerprint density at radius 2 is 1.87 bits per heavy atom. The fourth-order valence-electron chi connectivity index (χ4n) is 3.49.